The molecule has 0 bridgehead atoms. The molecule has 4 heteroatoms. The Labute approximate surface area is 136 Å². The van der Waals surface area contributed by atoms with Crippen LogP contribution in [0.1, 0.15) is 42.5 Å². The Kier molecular flexibility index (Phi) is 5.88. The van der Waals surface area contributed by atoms with E-state index >= 15 is 0 Å². The molecule has 0 saturated heterocycles. The van der Waals surface area contributed by atoms with Gasteiger partial charge in [-0.1, -0.05) is 50.2 Å². The number of nitrogens with one attached hydrogen (secondary N) is 1. The molecule has 1 amide bonds. The van der Waals surface area contributed by atoms with Gasteiger partial charge in [0.25, 0.3) is 0 Å². The number of rotatable bonds is 7. The number of primary amides is 1. The van der Waals surface area contributed by atoms with Crippen molar-refractivity contribution in [2.75, 3.05) is 6.54 Å². The second-order valence-corrected chi connectivity index (χ2v) is 5.99. The van der Waals surface area contributed by atoms with Crippen molar-refractivity contribution in [3.63, 3.8) is 0 Å². The predicted octanol–water partition coefficient (Wildman–Crippen LogP) is 3.31. The second kappa shape index (κ2) is 7.88. The van der Waals surface area contributed by atoms with Crippen LogP contribution in [0, 0.1) is 5.82 Å². The summed E-state index contributed by atoms with van der Waals surface area (Å²) < 4.78 is 13.0. The number of benzene rings is 2. The van der Waals surface area contributed by atoms with Crippen LogP contribution in [-0.4, -0.2) is 12.5 Å². The summed E-state index contributed by atoms with van der Waals surface area (Å²) >= 11 is 0. The van der Waals surface area contributed by atoms with Crippen molar-refractivity contribution >= 4 is 5.91 Å². The van der Waals surface area contributed by atoms with Crippen LogP contribution >= 0.6 is 0 Å². The van der Waals surface area contributed by atoms with E-state index in [1.54, 1.807) is 12.1 Å². The first-order chi connectivity index (χ1) is 11.0. The Morgan fingerprint density at radius 1 is 1.04 bits per heavy atom. The third-order valence-corrected chi connectivity index (χ3v) is 3.90. The molecule has 2 rings (SSSR count). The molecule has 0 aliphatic rings. The van der Waals surface area contributed by atoms with Gasteiger partial charge in [-0.2, -0.15) is 0 Å². The van der Waals surface area contributed by atoms with Gasteiger partial charge in [-0.15, -0.1) is 0 Å². The maximum atomic E-state index is 13.0. The minimum atomic E-state index is -0.606. The highest BCUT2D eigenvalue weighted by molar-refractivity contribution is 5.81. The smallest absolute Gasteiger partial charge is 0.239 e. The molecule has 3 N–H and O–H groups in total. The summed E-state index contributed by atoms with van der Waals surface area (Å²) in [5.41, 5.74) is 8.63. The maximum Gasteiger partial charge on any atom is 0.239 e. The highest BCUT2D eigenvalue weighted by Crippen LogP contribution is 2.16. The van der Waals surface area contributed by atoms with Crippen molar-refractivity contribution in [3.8, 4) is 0 Å². The van der Waals surface area contributed by atoms with Crippen molar-refractivity contribution in [2.45, 2.75) is 32.2 Å². The molecule has 0 radical (unpaired) electrons. The molecule has 0 aromatic heterocycles. The first-order valence-corrected chi connectivity index (χ1v) is 7.84. The molecule has 2 aromatic rings. The number of nitrogens with two attached hydrogens (primary N) is 1. The molecule has 3 nitrogen and oxygen atoms in total. The van der Waals surface area contributed by atoms with Crippen LogP contribution in [0.3, 0.4) is 0 Å². The predicted molar refractivity (Wildman–Crippen MR) is 90.6 cm³/mol. The lowest BCUT2D eigenvalue weighted by atomic mass is 10.0. The van der Waals surface area contributed by atoms with Gasteiger partial charge in [-0.3, -0.25) is 4.79 Å². The largest absolute Gasteiger partial charge is 0.368 e. The molecule has 0 heterocycles. The molecule has 2 aromatic carbocycles. The molecule has 1 unspecified atom stereocenters. The average molecular weight is 314 g/mol. The van der Waals surface area contributed by atoms with Crippen LogP contribution in [0.15, 0.2) is 48.5 Å². The molecule has 23 heavy (non-hydrogen) atoms. The van der Waals surface area contributed by atoms with Gasteiger partial charge in [0.05, 0.1) is 0 Å². The average Bonchev–Trinajstić information content (AvgIpc) is 2.53. The fourth-order valence-electron chi connectivity index (χ4n) is 2.47. The number of carbonyl (C=O) groups excluding carboxylic acids is 1. The van der Waals surface area contributed by atoms with E-state index in [1.807, 2.05) is 0 Å². The highest BCUT2D eigenvalue weighted by atomic mass is 19.1. The van der Waals surface area contributed by atoms with Crippen LogP contribution < -0.4 is 11.1 Å². The summed E-state index contributed by atoms with van der Waals surface area (Å²) in [6, 6.07) is 13.7. The van der Waals surface area contributed by atoms with E-state index in [0.717, 1.165) is 6.42 Å². The molecular formula is C19H23FN2O. The van der Waals surface area contributed by atoms with E-state index in [4.69, 9.17) is 5.73 Å². The fourth-order valence-corrected chi connectivity index (χ4v) is 2.47. The van der Waals surface area contributed by atoms with Crippen LogP contribution in [0.5, 0.6) is 0 Å². The summed E-state index contributed by atoms with van der Waals surface area (Å²) in [6.07, 6.45) is 0.795. The molecule has 0 spiro atoms. The van der Waals surface area contributed by atoms with Crippen LogP contribution in [0.2, 0.25) is 0 Å². The van der Waals surface area contributed by atoms with Gasteiger partial charge in [0.15, 0.2) is 0 Å². The minimum absolute atomic E-state index is 0.331. The van der Waals surface area contributed by atoms with E-state index in [-0.39, 0.29) is 5.82 Å². The molecule has 0 aliphatic heterocycles. The third kappa shape index (κ3) is 4.89. The number of hydrogen-bond donors (Lipinski definition) is 2. The number of amides is 1. The van der Waals surface area contributed by atoms with Gasteiger partial charge in [-0.25, -0.2) is 4.39 Å². The monoisotopic (exact) mass is 314 g/mol. The highest BCUT2D eigenvalue weighted by Gasteiger charge is 2.16. The summed E-state index contributed by atoms with van der Waals surface area (Å²) in [6.45, 7) is 4.94. The van der Waals surface area contributed by atoms with Crippen molar-refractivity contribution < 1.29 is 9.18 Å². The first kappa shape index (κ1) is 17.2. The molecule has 0 aliphatic carbocycles. The topological polar surface area (TPSA) is 55.1 Å². The number of carbonyl (C=O) groups is 1. The standard InChI is InChI=1S/C19H23FN2O/c1-13(2)15-5-3-14(4-6-15)11-12-22-18(19(21)23)16-7-9-17(20)10-8-16/h3-10,13,18,22H,11-12H2,1-2H3,(H2,21,23). The third-order valence-electron chi connectivity index (χ3n) is 3.90. The summed E-state index contributed by atoms with van der Waals surface area (Å²) in [5.74, 6) is -0.283. The first-order valence-electron chi connectivity index (χ1n) is 7.84. The van der Waals surface area contributed by atoms with E-state index in [2.05, 4.69) is 43.4 Å². The zero-order valence-electron chi connectivity index (χ0n) is 13.6. The van der Waals surface area contributed by atoms with Crippen molar-refractivity contribution in [1.82, 2.24) is 5.32 Å². The van der Waals surface area contributed by atoms with E-state index < -0.39 is 11.9 Å². The zero-order chi connectivity index (χ0) is 16.8. The van der Waals surface area contributed by atoms with Gasteiger partial charge in [-0.05, 0) is 41.2 Å². The van der Waals surface area contributed by atoms with Gasteiger partial charge in [0.1, 0.15) is 11.9 Å². The lowest BCUT2D eigenvalue weighted by Crippen LogP contribution is -2.34. The van der Waals surface area contributed by atoms with Crippen LogP contribution in [0.4, 0.5) is 4.39 Å². The van der Waals surface area contributed by atoms with Gasteiger partial charge >= 0.3 is 0 Å². The minimum Gasteiger partial charge on any atom is -0.368 e. The van der Waals surface area contributed by atoms with Crippen LogP contribution in [0.25, 0.3) is 0 Å². The summed E-state index contributed by atoms with van der Waals surface area (Å²) in [5, 5.41) is 3.14. The van der Waals surface area contributed by atoms with Crippen molar-refractivity contribution in [1.29, 1.82) is 0 Å². The molecule has 0 fully saturated rings. The van der Waals surface area contributed by atoms with Gasteiger partial charge in [0, 0.05) is 6.54 Å². The Balaban J connectivity index is 1.94. The maximum absolute atomic E-state index is 13.0. The lowest BCUT2D eigenvalue weighted by Gasteiger charge is -2.16. The van der Waals surface area contributed by atoms with Crippen molar-refractivity contribution in [2.24, 2.45) is 5.73 Å². The Bertz CT molecular complexity index is 635. The van der Waals surface area contributed by atoms with E-state index in [0.29, 0.717) is 18.0 Å². The summed E-state index contributed by atoms with van der Waals surface area (Å²) in [4.78, 5) is 11.6. The zero-order valence-corrected chi connectivity index (χ0v) is 13.6. The normalized spacial score (nSPS) is 12.3. The Morgan fingerprint density at radius 3 is 2.13 bits per heavy atom. The molecule has 0 saturated carbocycles. The second-order valence-electron chi connectivity index (χ2n) is 5.99. The van der Waals surface area contributed by atoms with E-state index in [1.165, 1.54) is 23.3 Å². The number of hydrogen-bond acceptors (Lipinski definition) is 2. The molecule has 1 atom stereocenters. The molecular weight excluding hydrogens is 291 g/mol. The quantitative estimate of drug-likeness (QED) is 0.824. The lowest BCUT2D eigenvalue weighted by molar-refractivity contribution is -0.120. The van der Waals surface area contributed by atoms with Crippen LogP contribution in [-0.2, 0) is 11.2 Å². The SMILES string of the molecule is CC(C)c1ccc(CCNC(C(N)=O)c2ccc(F)cc2)cc1. The molecule has 122 valence electrons. The fraction of sp³-hybridized carbons (Fsp3) is 0.316. The van der Waals surface area contributed by atoms with Gasteiger partial charge in [0.2, 0.25) is 5.91 Å². The van der Waals surface area contributed by atoms with Gasteiger partial charge < -0.3 is 11.1 Å². The van der Waals surface area contributed by atoms with Crippen molar-refractivity contribution in [3.05, 3.63) is 71.0 Å². The Morgan fingerprint density at radius 2 is 1.61 bits per heavy atom. The van der Waals surface area contributed by atoms with E-state index in [9.17, 15) is 9.18 Å². The summed E-state index contributed by atoms with van der Waals surface area (Å²) in [7, 11) is 0. The Hall–Kier alpha value is -2.20. The number of halogens is 1.